The fraction of sp³-hybridized carbons (Fsp3) is 0.148. The van der Waals surface area contributed by atoms with E-state index in [4.69, 9.17) is 11.6 Å². The van der Waals surface area contributed by atoms with Crippen molar-refractivity contribution in [2.45, 2.75) is 25.8 Å². The van der Waals surface area contributed by atoms with Crippen molar-refractivity contribution in [2.75, 3.05) is 0 Å². The molecule has 0 saturated carbocycles. The highest BCUT2D eigenvalue weighted by molar-refractivity contribution is 6.30. The highest BCUT2D eigenvalue weighted by atomic mass is 35.5. The van der Waals surface area contributed by atoms with E-state index in [2.05, 4.69) is 20.8 Å². The van der Waals surface area contributed by atoms with Gasteiger partial charge in [-0.05, 0) is 59.2 Å². The topological polar surface area (TPSA) is 89.8 Å². The van der Waals surface area contributed by atoms with Gasteiger partial charge in [0.15, 0.2) is 5.78 Å². The molecule has 35 heavy (non-hydrogen) atoms. The van der Waals surface area contributed by atoms with E-state index >= 15 is 0 Å². The van der Waals surface area contributed by atoms with Crippen molar-refractivity contribution in [3.8, 4) is 5.69 Å². The van der Waals surface area contributed by atoms with E-state index in [1.54, 1.807) is 24.3 Å². The van der Waals surface area contributed by atoms with Crippen LogP contribution >= 0.6 is 11.6 Å². The maximum atomic E-state index is 13.2. The first kappa shape index (κ1) is 24.0. The molecule has 0 fully saturated rings. The predicted octanol–water partition coefficient (Wildman–Crippen LogP) is 4.18. The Bertz CT molecular complexity index is 1320. The number of rotatable bonds is 9. The Morgan fingerprint density at radius 3 is 2.51 bits per heavy atom. The van der Waals surface area contributed by atoms with E-state index in [0.717, 1.165) is 16.7 Å². The van der Waals surface area contributed by atoms with Gasteiger partial charge < -0.3 is 5.32 Å². The van der Waals surface area contributed by atoms with E-state index < -0.39 is 6.04 Å². The minimum atomic E-state index is -0.672. The van der Waals surface area contributed by atoms with Gasteiger partial charge >= 0.3 is 0 Å². The zero-order chi connectivity index (χ0) is 24.6. The summed E-state index contributed by atoms with van der Waals surface area (Å²) < 4.78 is 1.48. The van der Waals surface area contributed by atoms with Crippen molar-refractivity contribution in [3.63, 3.8) is 0 Å². The van der Waals surface area contributed by atoms with Crippen LogP contribution in [0.4, 0.5) is 0 Å². The normalized spacial score (nSPS) is 11.9. The molecule has 4 rings (SSSR count). The van der Waals surface area contributed by atoms with Crippen molar-refractivity contribution in [1.82, 2.24) is 25.5 Å². The second-order valence-electron chi connectivity index (χ2n) is 8.17. The van der Waals surface area contributed by atoms with Gasteiger partial charge in [0.2, 0.25) is 5.91 Å². The number of benzene rings is 3. The molecule has 1 N–H and O–H groups in total. The number of aryl methyl sites for hydroxylation is 1. The number of amides is 1. The third-order valence-corrected chi connectivity index (χ3v) is 5.72. The minimum Gasteiger partial charge on any atom is -0.342 e. The van der Waals surface area contributed by atoms with Gasteiger partial charge in [-0.1, -0.05) is 71.8 Å². The van der Waals surface area contributed by atoms with Crippen LogP contribution in [0.15, 0.2) is 85.2 Å². The lowest BCUT2D eigenvalue weighted by molar-refractivity contribution is -0.125. The van der Waals surface area contributed by atoms with Crippen molar-refractivity contribution in [3.05, 3.63) is 112 Å². The minimum absolute atomic E-state index is 0.0587. The van der Waals surface area contributed by atoms with Gasteiger partial charge in [0.05, 0.1) is 11.7 Å². The van der Waals surface area contributed by atoms with Crippen molar-refractivity contribution in [2.24, 2.45) is 0 Å². The monoisotopic (exact) mass is 485 g/mol. The van der Waals surface area contributed by atoms with Gasteiger partial charge in [-0.25, -0.2) is 0 Å². The van der Waals surface area contributed by atoms with Gasteiger partial charge in [0.1, 0.15) is 6.33 Å². The molecule has 0 saturated heterocycles. The molecule has 8 heteroatoms. The largest absolute Gasteiger partial charge is 0.342 e. The summed E-state index contributed by atoms with van der Waals surface area (Å²) in [6, 6.07) is 22.0. The van der Waals surface area contributed by atoms with Gasteiger partial charge in [0, 0.05) is 23.1 Å². The van der Waals surface area contributed by atoms with E-state index in [1.165, 1.54) is 17.1 Å². The summed E-state index contributed by atoms with van der Waals surface area (Å²) in [6.45, 7) is 2.00. The van der Waals surface area contributed by atoms with Gasteiger partial charge in [-0.3, -0.25) is 9.59 Å². The molecule has 0 aliphatic carbocycles. The summed E-state index contributed by atoms with van der Waals surface area (Å²) in [5.74, 6) is -0.442. The molecule has 0 aliphatic rings. The third kappa shape index (κ3) is 6.71. The summed E-state index contributed by atoms with van der Waals surface area (Å²) in [5, 5.41) is 14.6. The van der Waals surface area contributed by atoms with Crippen molar-refractivity contribution >= 4 is 29.4 Å². The Hall–Kier alpha value is -4.10. The summed E-state index contributed by atoms with van der Waals surface area (Å²) in [5.41, 5.74) is 4.33. The molecule has 0 aliphatic heterocycles. The van der Waals surface area contributed by atoms with Crippen LogP contribution < -0.4 is 5.32 Å². The number of hydrogen-bond donors (Lipinski definition) is 1. The molecule has 0 bridgehead atoms. The zero-order valence-electron chi connectivity index (χ0n) is 19.1. The quantitative estimate of drug-likeness (QED) is 0.359. The van der Waals surface area contributed by atoms with E-state index in [9.17, 15) is 9.59 Å². The first-order chi connectivity index (χ1) is 17.0. The van der Waals surface area contributed by atoms with Gasteiger partial charge in [-0.15, -0.1) is 5.10 Å². The van der Waals surface area contributed by atoms with Crippen LogP contribution in [0.25, 0.3) is 11.8 Å². The number of Topliss-reactive ketones (excluding diaryl/α,β-unsaturated/α-hetero) is 1. The Morgan fingerprint density at radius 2 is 1.80 bits per heavy atom. The lowest BCUT2D eigenvalue weighted by atomic mass is 9.97. The number of carbonyl (C=O) groups is 2. The number of nitrogens with zero attached hydrogens (tertiary/aromatic N) is 4. The maximum Gasteiger partial charge on any atom is 0.244 e. The standard InChI is InChI=1S/C27H24ClN5O2/c1-19-7-9-21(10-8-19)16-26(34)24(15-20-5-3-2-4-6-20)30-27(35)14-11-22-17-23(28)12-13-25(22)33-18-29-31-32-33/h2-14,17-18,24H,15-16H2,1H3,(H,30,35). The lowest BCUT2D eigenvalue weighted by Crippen LogP contribution is -2.42. The second-order valence-corrected chi connectivity index (χ2v) is 8.61. The SMILES string of the molecule is Cc1ccc(CC(=O)C(Cc2ccccc2)NC(=O)C=Cc2cc(Cl)ccc2-n2cnnn2)cc1. The number of ketones is 1. The number of nitrogens with one attached hydrogen (secondary N) is 1. The molecule has 1 aromatic heterocycles. The lowest BCUT2D eigenvalue weighted by Gasteiger charge is -2.17. The smallest absolute Gasteiger partial charge is 0.244 e. The van der Waals surface area contributed by atoms with Crippen molar-refractivity contribution in [1.29, 1.82) is 0 Å². The maximum absolute atomic E-state index is 13.2. The highest BCUT2D eigenvalue weighted by Crippen LogP contribution is 2.20. The predicted molar refractivity (Wildman–Crippen MR) is 135 cm³/mol. The fourth-order valence-electron chi connectivity index (χ4n) is 3.65. The van der Waals surface area contributed by atoms with Crippen LogP contribution in [0.1, 0.15) is 22.3 Å². The summed E-state index contributed by atoms with van der Waals surface area (Å²) in [7, 11) is 0. The molecule has 1 heterocycles. The Kier molecular flexibility index (Phi) is 7.80. The zero-order valence-corrected chi connectivity index (χ0v) is 19.9. The average Bonchev–Trinajstić information content (AvgIpc) is 3.39. The fourth-order valence-corrected chi connectivity index (χ4v) is 3.83. The molecule has 176 valence electrons. The molecule has 1 unspecified atom stereocenters. The van der Waals surface area contributed by atoms with Crippen LogP contribution in [-0.2, 0) is 22.4 Å². The number of aromatic nitrogens is 4. The number of carbonyl (C=O) groups excluding carboxylic acids is 2. The van der Waals surface area contributed by atoms with Crippen LogP contribution in [0.2, 0.25) is 5.02 Å². The molecule has 1 atom stereocenters. The van der Waals surface area contributed by atoms with Crippen LogP contribution in [-0.4, -0.2) is 37.9 Å². The Labute approximate surface area is 208 Å². The van der Waals surface area contributed by atoms with E-state index in [1.807, 2.05) is 61.5 Å². The summed E-state index contributed by atoms with van der Waals surface area (Å²) in [4.78, 5) is 26.1. The number of halogens is 1. The van der Waals surface area contributed by atoms with Crippen LogP contribution in [0.5, 0.6) is 0 Å². The Balaban J connectivity index is 1.52. The van der Waals surface area contributed by atoms with E-state index in [0.29, 0.717) is 22.7 Å². The van der Waals surface area contributed by atoms with Gasteiger partial charge in [-0.2, -0.15) is 4.68 Å². The molecule has 1 amide bonds. The first-order valence-corrected chi connectivity index (χ1v) is 11.5. The van der Waals surface area contributed by atoms with Gasteiger partial charge in [0.25, 0.3) is 0 Å². The van der Waals surface area contributed by atoms with Crippen LogP contribution in [0, 0.1) is 6.92 Å². The first-order valence-electron chi connectivity index (χ1n) is 11.1. The number of tetrazole rings is 1. The second kappa shape index (κ2) is 11.4. The highest BCUT2D eigenvalue weighted by Gasteiger charge is 2.21. The molecule has 4 aromatic rings. The molecule has 0 spiro atoms. The van der Waals surface area contributed by atoms with Crippen LogP contribution in [0.3, 0.4) is 0 Å². The molecule has 7 nitrogen and oxygen atoms in total. The van der Waals surface area contributed by atoms with Crippen molar-refractivity contribution < 1.29 is 9.59 Å². The average molecular weight is 486 g/mol. The molecular weight excluding hydrogens is 462 g/mol. The summed E-state index contributed by atoms with van der Waals surface area (Å²) >= 11 is 6.16. The number of hydrogen-bond acceptors (Lipinski definition) is 5. The molecular formula is C27H24ClN5O2. The third-order valence-electron chi connectivity index (χ3n) is 5.49. The van der Waals surface area contributed by atoms with E-state index in [-0.39, 0.29) is 18.1 Å². The molecule has 0 radical (unpaired) electrons. The molecule has 3 aromatic carbocycles. The Morgan fingerprint density at radius 1 is 1.03 bits per heavy atom. The summed E-state index contributed by atoms with van der Waals surface area (Å²) in [6.07, 6.45) is 5.11.